The number of piperazine rings is 1. The summed E-state index contributed by atoms with van der Waals surface area (Å²) in [6, 6.07) is 6.86. The van der Waals surface area contributed by atoms with E-state index in [0.29, 0.717) is 6.04 Å². The number of hydrogen-bond donors (Lipinski definition) is 0. The third-order valence-electron chi connectivity index (χ3n) is 6.55. The van der Waals surface area contributed by atoms with Gasteiger partial charge in [-0.1, -0.05) is 12.1 Å². The predicted molar refractivity (Wildman–Crippen MR) is 104 cm³/mol. The Morgan fingerprint density at radius 2 is 1.65 bits per heavy atom. The van der Waals surface area contributed by atoms with Crippen molar-refractivity contribution >= 4 is 12.6 Å². The quantitative estimate of drug-likeness (QED) is 0.756. The van der Waals surface area contributed by atoms with Crippen molar-refractivity contribution in [2.75, 3.05) is 39.8 Å². The van der Waals surface area contributed by atoms with E-state index in [4.69, 9.17) is 14.0 Å². The second kappa shape index (κ2) is 6.52. The molecule has 3 heterocycles. The fourth-order valence-corrected chi connectivity index (χ4v) is 4.03. The third kappa shape index (κ3) is 3.17. The maximum atomic E-state index is 6.25. The summed E-state index contributed by atoms with van der Waals surface area (Å²) in [7, 11) is 1.88. The van der Waals surface area contributed by atoms with Crippen molar-refractivity contribution in [3.8, 4) is 5.75 Å². The van der Waals surface area contributed by atoms with Crippen LogP contribution in [0.3, 0.4) is 0 Å². The van der Waals surface area contributed by atoms with Gasteiger partial charge in [0, 0.05) is 44.2 Å². The second-order valence-electron chi connectivity index (χ2n) is 8.88. The molecule has 26 heavy (non-hydrogen) atoms. The maximum absolute atomic E-state index is 6.25. The van der Waals surface area contributed by atoms with Crippen LogP contribution in [0, 0.1) is 0 Å². The van der Waals surface area contributed by atoms with Gasteiger partial charge < -0.3 is 18.9 Å². The van der Waals surface area contributed by atoms with E-state index in [9.17, 15) is 0 Å². The molecular weight excluding hydrogens is 327 g/mol. The molecule has 1 atom stereocenters. The second-order valence-corrected chi connectivity index (χ2v) is 8.88. The van der Waals surface area contributed by atoms with Crippen LogP contribution < -0.4 is 10.2 Å². The molecule has 0 aliphatic carbocycles. The van der Waals surface area contributed by atoms with E-state index < -0.39 is 0 Å². The van der Waals surface area contributed by atoms with Gasteiger partial charge in [0.15, 0.2) is 0 Å². The molecule has 3 aliphatic rings. The standard InChI is InChI=1S/C20H31BN2O3/c1-19(2)20(3,4)26-21(25-19)15-6-7-18-16(14-15)17(8-13-24-18)23-11-9-22(5)10-12-23/h6-7,14,17H,8-13H2,1-5H3. The molecule has 1 unspecified atom stereocenters. The molecule has 0 radical (unpaired) electrons. The van der Waals surface area contributed by atoms with E-state index in [-0.39, 0.29) is 18.3 Å². The van der Waals surface area contributed by atoms with Crippen LogP contribution >= 0.6 is 0 Å². The summed E-state index contributed by atoms with van der Waals surface area (Å²) < 4.78 is 18.5. The van der Waals surface area contributed by atoms with E-state index >= 15 is 0 Å². The molecule has 2 fully saturated rings. The van der Waals surface area contributed by atoms with Gasteiger partial charge in [0.2, 0.25) is 0 Å². The highest BCUT2D eigenvalue weighted by Crippen LogP contribution is 2.39. The van der Waals surface area contributed by atoms with E-state index in [1.165, 1.54) is 5.56 Å². The average molecular weight is 358 g/mol. The molecule has 0 saturated carbocycles. The highest BCUT2D eigenvalue weighted by Gasteiger charge is 2.51. The number of likely N-dealkylation sites (N-methyl/N-ethyl adjacent to an activating group) is 1. The zero-order valence-electron chi connectivity index (χ0n) is 16.7. The number of fused-ring (bicyclic) bond motifs is 1. The molecule has 1 aromatic rings. The molecule has 0 N–H and O–H groups in total. The lowest BCUT2D eigenvalue weighted by Gasteiger charge is -2.40. The molecule has 142 valence electrons. The molecule has 0 aromatic heterocycles. The van der Waals surface area contributed by atoms with Gasteiger partial charge in [-0.2, -0.15) is 0 Å². The van der Waals surface area contributed by atoms with Gasteiger partial charge in [0.05, 0.1) is 17.8 Å². The summed E-state index contributed by atoms with van der Waals surface area (Å²) in [4.78, 5) is 5.01. The van der Waals surface area contributed by atoms with E-state index in [1.807, 2.05) is 0 Å². The Balaban J connectivity index is 1.60. The van der Waals surface area contributed by atoms with Gasteiger partial charge in [0.1, 0.15) is 5.75 Å². The molecule has 6 heteroatoms. The van der Waals surface area contributed by atoms with Crippen LogP contribution in [-0.2, 0) is 9.31 Å². The molecule has 5 nitrogen and oxygen atoms in total. The van der Waals surface area contributed by atoms with Gasteiger partial charge in [-0.25, -0.2) is 0 Å². The first-order valence-corrected chi connectivity index (χ1v) is 9.82. The fourth-order valence-electron chi connectivity index (χ4n) is 4.03. The minimum Gasteiger partial charge on any atom is -0.493 e. The van der Waals surface area contributed by atoms with Crippen LogP contribution in [-0.4, -0.2) is 68.0 Å². The predicted octanol–water partition coefficient (Wildman–Crippen LogP) is 2.06. The summed E-state index contributed by atoms with van der Waals surface area (Å²) in [5, 5.41) is 0. The van der Waals surface area contributed by atoms with Crippen LogP contribution in [0.1, 0.15) is 45.7 Å². The molecule has 0 spiro atoms. The lowest BCUT2D eigenvalue weighted by molar-refractivity contribution is 0.00578. The Bertz CT molecular complexity index is 655. The first-order valence-electron chi connectivity index (χ1n) is 9.82. The van der Waals surface area contributed by atoms with Crippen molar-refractivity contribution in [1.82, 2.24) is 9.80 Å². The van der Waals surface area contributed by atoms with Gasteiger partial charge in [-0.15, -0.1) is 0 Å². The van der Waals surface area contributed by atoms with Crippen molar-refractivity contribution in [3.05, 3.63) is 23.8 Å². The molecule has 2 saturated heterocycles. The Labute approximate surface area is 157 Å². The number of ether oxygens (including phenoxy) is 1. The Morgan fingerprint density at radius 3 is 2.31 bits per heavy atom. The van der Waals surface area contributed by atoms with E-state index in [0.717, 1.165) is 50.4 Å². The summed E-state index contributed by atoms with van der Waals surface area (Å²) >= 11 is 0. The first-order chi connectivity index (χ1) is 12.3. The lowest BCUT2D eigenvalue weighted by atomic mass is 9.77. The topological polar surface area (TPSA) is 34.2 Å². The zero-order valence-corrected chi connectivity index (χ0v) is 16.7. The average Bonchev–Trinajstić information content (AvgIpc) is 2.82. The smallest absolute Gasteiger partial charge is 0.493 e. The van der Waals surface area contributed by atoms with Crippen LogP contribution in [0.5, 0.6) is 5.75 Å². The summed E-state index contributed by atoms with van der Waals surface area (Å²) in [6.07, 6.45) is 1.05. The molecule has 1 aromatic carbocycles. The normalized spacial score (nSPS) is 28.7. The fraction of sp³-hybridized carbons (Fsp3) is 0.700. The van der Waals surface area contributed by atoms with Crippen molar-refractivity contribution in [2.24, 2.45) is 0 Å². The third-order valence-corrected chi connectivity index (χ3v) is 6.55. The van der Waals surface area contributed by atoms with Crippen molar-refractivity contribution in [3.63, 3.8) is 0 Å². The lowest BCUT2D eigenvalue weighted by Crippen LogP contribution is -2.47. The van der Waals surface area contributed by atoms with E-state index in [2.05, 4.69) is 62.7 Å². The molecule has 3 aliphatic heterocycles. The summed E-state index contributed by atoms with van der Waals surface area (Å²) in [5.74, 6) is 1.01. The zero-order chi connectivity index (χ0) is 18.5. The Hall–Kier alpha value is -1.08. The van der Waals surface area contributed by atoms with Crippen LogP contribution in [0.2, 0.25) is 0 Å². The Kier molecular flexibility index (Phi) is 4.59. The number of hydrogen-bond acceptors (Lipinski definition) is 5. The van der Waals surface area contributed by atoms with Crippen LogP contribution in [0.4, 0.5) is 0 Å². The van der Waals surface area contributed by atoms with Gasteiger partial charge in [-0.05, 0) is 46.3 Å². The molecule has 4 rings (SSSR count). The van der Waals surface area contributed by atoms with Crippen molar-refractivity contribution < 1.29 is 14.0 Å². The van der Waals surface area contributed by atoms with E-state index in [1.54, 1.807) is 0 Å². The first kappa shape index (κ1) is 18.3. The highest BCUT2D eigenvalue weighted by atomic mass is 16.7. The maximum Gasteiger partial charge on any atom is 0.494 e. The highest BCUT2D eigenvalue weighted by molar-refractivity contribution is 6.62. The minimum absolute atomic E-state index is 0.319. The van der Waals surface area contributed by atoms with Crippen LogP contribution in [0.25, 0.3) is 0 Å². The SMILES string of the molecule is CN1CCN(C2CCOc3ccc(B4OC(C)(C)C(C)(C)O4)cc32)CC1. The van der Waals surface area contributed by atoms with Gasteiger partial charge in [0.25, 0.3) is 0 Å². The summed E-state index contributed by atoms with van der Waals surface area (Å²) in [5.41, 5.74) is 1.74. The molecule has 0 amide bonds. The largest absolute Gasteiger partial charge is 0.494 e. The number of benzene rings is 1. The Morgan fingerprint density at radius 1 is 1.00 bits per heavy atom. The summed E-state index contributed by atoms with van der Waals surface area (Å²) in [6.45, 7) is 13.7. The van der Waals surface area contributed by atoms with Crippen molar-refractivity contribution in [1.29, 1.82) is 0 Å². The number of rotatable bonds is 2. The molecule has 0 bridgehead atoms. The molecular formula is C20H31BN2O3. The minimum atomic E-state index is -0.319. The van der Waals surface area contributed by atoms with Crippen molar-refractivity contribution in [2.45, 2.75) is 51.4 Å². The monoisotopic (exact) mass is 358 g/mol. The van der Waals surface area contributed by atoms with Crippen LogP contribution in [0.15, 0.2) is 18.2 Å². The van der Waals surface area contributed by atoms with Gasteiger partial charge in [-0.3, -0.25) is 4.90 Å². The van der Waals surface area contributed by atoms with Gasteiger partial charge >= 0.3 is 7.12 Å². The number of nitrogens with zero attached hydrogens (tertiary/aromatic N) is 2.